The maximum atomic E-state index is 10.5. The van der Waals surface area contributed by atoms with Gasteiger partial charge in [-0.05, 0) is 50.2 Å². The van der Waals surface area contributed by atoms with Crippen LogP contribution in [0.2, 0.25) is 10.0 Å². The Bertz CT molecular complexity index is 905. The van der Waals surface area contributed by atoms with Gasteiger partial charge < -0.3 is 10.0 Å². The fraction of sp³-hybridized carbons (Fsp3) is 0.368. The number of pyridine rings is 1. The number of aliphatic hydroxyl groups is 1. The van der Waals surface area contributed by atoms with Crippen LogP contribution in [-0.4, -0.2) is 44.2 Å². The Balaban J connectivity index is 1.39. The fourth-order valence-electron chi connectivity index (χ4n) is 3.63. The van der Waals surface area contributed by atoms with Crippen molar-refractivity contribution in [2.45, 2.75) is 24.9 Å². The smallest absolute Gasteiger partial charge is 0.160 e. The maximum absolute atomic E-state index is 10.5. The van der Waals surface area contributed by atoms with E-state index in [1.54, 1.807) is 18.2 Å². The van der Waals surface area contributed by atoms with Gasteiger partial charge in [-0.2, -0.15) is 0 Å². The molecule has 0 spiro atoms. The molecule has 0 aliphatic carbocycles. The molecule has 1 atom stereocenters. The molecule has 1 aliphatic rings. The lowest BCUT2D eigenvalue weighted by Crippen LogP contribution is -2.36. The SMILES string of the molecule is OC(CN1CCC(c2nnc3ccccn23)CC1)c1ccc(Cl)cc1Cl. The van der Waals surface area contributed by atoms with Crippen LogP contribution >= 0.6 is 23.2 Å². The lowest BCUT2D eigenvalue weighted by atomic mass is 9.95. The second-order valence-electron chi connectivity index (χ2n) is 6.74. The van der Waals surface area contributed by atoms with Crippen LogP contribution in [0.4, 0.5) is 0 Å². The zero-order chi connectivity index (χ0) is 18.1. The first-order valence-electron chi connectivity index (χ1n) is 8.77. The number of piperidine rings is 1. The first kappa shape index (κ1) is 17.7. The zero-order valence-corrected chi connectivity index (χ0v) is 15.7. The number of halogens is 2. The normalized spacial score (nSPS) is 17.7. The highest BCUT2D eigenvalue weighted by Crippen LogP contribution is 2.30. The number of hydrogen-bond donors (Lipinski definition) is 1. The van der Waals surface area contributed by atoms with Crippen LogP contribution in [0.1, 0.15) is 36.3 Å². The van der Waals surface area contributed by atoms with Gasteiger partial charge in [0.1, 0.15) is 5.82 Å². The molecule has 1 aliphatic heterocycles. The second-order valence-corrected chi connectivity index (χ2v) is 7.59. The number of rotatable bonds is 4. The minimum absolute atomic E-state index is 0.389. The van der Waals surface area contributed by atoms with Crippen molar-refractivity contribution >= 4 is 28.8 Å². The lowest BCUT2D eigenvalue weighted by molar-refractivity contribution is 0.0966. The molecule has 0 saturated carbocycles. The van der Waals surface area contributed by atoms with Crippen molar-refractivity contribution in [3.63, 3.8) is 0 Å². The van der Waals surface area contributed by atoms with Crippen molar-refractivity contribution in [2.24, 2.45) is 0 Å². The average Bonchev–Trinajstić information content (AvgIpc) is 3.06. The van der Waals surface area contributed by atoms with Crippen LogP contribution in [0.15, 0.2) is 42.6 Å². The molecule has 1 aromatic carbocycles. The van der Waals surface area contributed by atoms with Crippen molar-refractivity contribution in [1.82, 2.24) is 19.5 Å². The monoisotopic (exact) mass is 390 g/mol. The van der Waals surface area contributed by atoms with Gasteiger partial charge in [0.25, 0.3) is 0 Å². The van der Waals surface area contributed by atoms with Gasteiger partial charge in [0, 0.05) is 34.3 Å². The van der Waals surface area contributed by atoms with Crippen molar-refractivity contribution in [2.75, 3.05) is 19.6 Å². The van der Waals surface area contributed by atoms with Gasteiger partial charge in [0.15, 0.2) is 5.65 Å². The van der Waals surface area contributed by atoms with Crippen LogP contribution < -0.4 is 0 Å². The molecule has 1 unspecified atom stereocenters. The van der Waals surface area contributed by atoms with Crippen LogP contribution in [0.5, 0.6) is 0 Å². The maximum Gasteiger partial charge on any atom is 0.160 e. The van der Waals surface area contributed by atoms with Crippen molar-refractivity contribution in [3.8, 4) is 0 Å². The number of fused-ring (bicyclic) bond motifs is 1. The molecule has 3 heterocycles. The molecule has 5 nitrogen and oxygen atoms in total. The Kier molecular flexibility index (Phi) is 5.14. The van der Waals surface area contributed by atoms with E-state index in [-0.39, 0.29) is 0 Å². The summed E-state index contributed by atoms with van der Waals surface area (Å²) in [6.07, 6.45) is 3.39. The third-order valence-corrected chi connectivity index (χ3v) is 5.61. The van der Waals surface area contributed by atoms with E-state index in [4.69, 9.17) is 23.2 Å². The van der Waals surface area contributed by atoms with Crippen molar-refractivity contribution in [1.29, 1.82) is 0 Å². The summed E-state index contributed by atoms with van der Waals surface area (Å²) in [4.78, 5) is 2.27. The predicted octanol–water partition coefficient (Wildman–Crippen LogP) is 3.95. The summed E-state index contributed by atoms with van der Waals surface area (Å²) in [7, 11) is 0. The number of aromatic nitrogens is 3. The van der Waals surface area contributed by atoms with Crippen LogP contribution in [0.3, 0.4) is 0 Å². The van der Waals surface area contributed by atoms with Crippen molar-refractivity contribution < 1.29 is 5.11 Å². The molecular weight excluding hydrogens is 371 g/mol. The summed E-state index contributed by atoms with van der Waals surface area (Å²) in [6, 6.07) is 11.2. The highest BCUT2D eigenvalue weighted by molar-refractivity contribution is 6.35. The molecular formula is C19H20Cl2N4O. The Morgan fingerprint density at radius 3 is 2.69 bits per heavy atom. The first-order valence-corrected chi connectivity index (χ1v) is 9.52. The third kappa shape index (κ3) is 3.58. The average molecular weight is 391 g/mol. The molecule has 26 heavy (non-hydrogen) atoms. The zero-order valence-electron chi connectivity index (χ0n) is 14.2. The second kappa shape index (κ2) is 7.53. The van der Waals surface area contributed by atoms with Gasteiger partial charge in [0.05, 0.1) is 6.10 Å². The molecule has 1 N–H and O–H groups in total. The van der Waals surface area contributed by atoms with E-state index < -0.39 is 6.10 Å². The number of hydrogen-bond acceptors (Lipinski definition) is 4. The number of likely N-dealkylation sites (tertiary alicyclic amines) is 1. The highest BCUT2D eigenvalue weighted by Gasteiger charge is 2.26. The highest BCUT2D eigenvalue weighted by atomic mass is 35.5. The molecule has 2 aromatic heterocycles. The summed E-state index contributed by atoms with van der Waals surface area (Å²) in [5.74, 6) is 1.42. The Hall–Kier alpha value is -1.66. The Morgan fingerprint density at radius 2 is 1.92 bits per heavy atom. The summed E-state index contributed by atoms with van der Waals surface area (Å²) < 4.78 is 2.07. The molecule has 1 saturated heterocycles. The predicted molar refractivity (Wildman–Crippen MR) is 103 cm³/mol. The van der Waals surface area contributed by atoms with Gasteiger partial charge in [-0.1, -0.05) is 35.3 Å². The van der Waals surface area contributed by atoms with E-state index in [1.165, 1.54) is 0 Å². The molecule has 1 fully saturated rings. The summed E-state index contributed by atoms with van der Waals surface area (Å²) >= 11 is 12.1. The van der Waals surface area contributed by atoms with E-state index >= 15 is 0 Å². The molecule has 0 amide bonds. The molecule has 4 rings (SSSR count). The van der Waals surface area contributed by atoms with Gasteiger partial charge >= 0.3 is 0 Å². The van der Waals surface area contributed by atoms with Crippen molar-refractivity contribution in [3.05, 3.63) is 64.0 Å². The van der Waals surface area contributed by atoms with E-state index in [2.05, 4.69) is 19.5 Å². The summed E-state index contributed by atoms with van der Waals surface area (Å²) in [6.45, 7) is 2.39. The molecule has 3 aromatic rings. The molecule has 0 bridgehead atoms. The number of benzene rings is 1. The van der Waals surface area contributed by atoms with Gasteiger partial charge in [0.2, 0.25) is 0 Å². The summed E-state index contributed by atoms with van der Waals surface area (Å²) in [5.41, 5.74) is 1.61. The van der Waals surface area contributed by atoms with Gasteiger partial charge in [-0.25, -0.2) is 0 Å². The molecule has 136 valence electrons. The summed E-state index contributed by atoms with van der Waals surface area (Å²) in [5, 5.41) is 20.3. The molecule has 0 radical (unpaired) electrons. The fourth-order valence-corrected chi connectivity index (χ4v) is 4.16. The van der Waals surface area contributed by atoms with Crippen LogP contribution in [-0.2, 0) is 0 Å². The third-order valence-electron chi connectivity index (χ3n) is 5.05. The van der Waals surface area contributed by atoms with Crippen LogP contribution in [0, 0.1) is 0 Å². The van der Waals surface area contributed by atoms with E-state index in [0.29, 0.717) is 22.5 Å². The quantitative estimate of drug-likeness (QED) is 0.732. The number of nitrogens with zero attached hydrogens (tertiary/aromatic N) is 4. The van der Waals surface area contributed by atoms with Gasteiger partial charge in [-0.3, -0.25) is 4.40 Å². The standard InChI is InChI=1S/C19H20Cl2N4O/c20-14-4-5-15(16(21)11-14)17(26)12-24-9-6-13(7-10-24)19-23-22-18-3-1-2-8-25(18)19/h1-5,8,11,13,17,26H,6-7,9-10,12H2. The minimum Gasteiger partial charge on any atom is -0.387 e. The van der Waals surface area contributed by atoms with Crippen LogP contribution in [0.25, 0.3) is 5.65 Å². The number of β-amino-alcohol motifs (C(OH)–C–C–N with tert-alkyl or cyclic N) is 1. The van der Waals surface area contributed by atoms with E-state index in [0.717, 1.165) is 43.0 Å². The number of aliphatic hydroxyl groups excluding tert-OH is 1. The Labute approximate surface area is 162 Å². The van der Waals surface area contributed by atoms with E-state index in [1.807, 2.05) is 24.4 Å². The first-order chi connectivity index (χ1) is 12.6. The Morgan fingerprint density at radius 1 is 1.12 bits per heavy atom. The lowest BCUT2D eigenvalue weighted by Gasteiger charge is -2.32. The molecule has 7 heteroatoms. The minimum atomic E-state index is -0.620. The largest absolute Gasteiger partial charge is 0.387 e. The van der Waals surface area contributed by atoms with Gasteiger partial charge in [-0.15, -0.1) is 10.2 Å². The topological polar surface area (TPSA) is 53.7 Å². The van der Waals surface area contributed by atoms with E-state index in [9.17, 15) is 5.11 Å².